The van der Waals surface area contributed by atoms with Gasteiger partial charge in [0, 0.05) is 18.0 Å². The molecule has 0 saturated carbocycles. The largest absolute Gasteiger partial charge is 0.357 e. The second-order valence-corrected chi connectivity index (χ2v) is 9.76. The van der Waals surface area contributed by atoms with Gasteiger partial charge in [-0.15, -0.1) is 0 Å². The van der Waals surface area contributed by atoms with Crippen molar-refractivity contribution in [2.24, 2.45) is 0 Å². The first-order chi connectivity index (χ1) is 12.7. The lowest BCUT2D eigenvalue weighted by Crippen LogP contribution is -2.43. The molecule has 0 N–H and O–H groups in total. The fourth-order valence-corrected chi connectivity index (χ4v) is 6.82. The van der Waals surface area contributed by atoms with Crippen molar-refractivity contribution >= 4 is 51.7 Å². The van der Waals surface area contributed by atoms with Crippen molar-refractivity contribution in [3.63, 3.8) is 0 Å². The van der Waals surface area contributed by atoms with Crippen molar-refractivity contribution in [2.75, 3.05) is 18.0 Å². The predicted molar refractivity (Wildman–Crippen MR) is 118 cm³/mol. The van der Waals surface area contributed by atoms with Crippen LogP contribution in [0.15, 0.2) is 29.2 Å². The average molecular weight is 409 g/mol. The maximum atomic E-state index is 12.9. The van der Waals surface area contributed by atoms with E-state index in [4.69, 9.17) is 12.2 Å². The Balaban J connectivity index is 1.68. The summed E-state index contributed by atoms with van der Waals surface area (Å²) in [7, 11) is 0. The molecule has 2 atom stereocenters. The van der Waals surface area contributed by atoms with Crippen LogP contribution in [-0.2, 0) is 4.79 Å². The molecule has 2 aliphatic rings. The van der Waals surface area contributed by atoms with Gasteiger partial charge in [0.15, 0.2) is 0 Å². The molecule has 0 bridgehead atoms. The maximum Gasteiger partial charge on any atom is 0.244 e. The van der Waals surface area contributed by atoms with Crippen LogP contribution in [0.1, 0.15) is 52.4 Å². The summed E-state index contributed by atoms with van der Waals surface area (Å²) in [5, 5.41) is 0.0509. The number of thioether (sulfide) groups is 2. The molecule has 6 heteroatoms. The third-order valence-electron chi connectivity index (χ3n) is 5.01. The number of unbranched alkanes of at least 4 members (excludes halogenated alkanes) is 5. The van der Waals surface area contributed by atoms with Gasteiger partial charge in [0.1, 0.15) is 14.9 Å². The van der Waals surface area contributed by atoms with Crippen molar-refractivity contribution in [3.8, 4) is 0 Å². The molecule has 2 aliphatic heterocycles. The van der Waals surface area contributed by atoms with E-state index in [1.807, 2.05) is 18.7 Å². The van der Waals surface area contributed by atoms with Crippen LogP contribution in [0, 0.1) is 0 Å². The molecule has 1 amide bonds. The van der Waals surface area contributed by atoms with Crippen molar-refractivity contribution in [1.29, 1.82) is 0 Å². The highest BCUT2D eigenvalue weighted by Gasteiger charge is 2.46. The summed E-state index contributed by atoms with van der Waals surface area (Å²) in [6.07, 6.45) is 7.72. The SMILES string of the molecule is CCCCCCCCN1c2ccccc2SC1C1SC(=S)N(CC)C1=O. The van der Waals surface area contributed by atoms with Gasteiger partial charge in [0.25, 0.3) is 0 Å². The lowest BCUT2D eigenvalue weighted by molar-refractivity contribution is -0.125. The van der Waals surface area contributed by atoms with Crippen LogP contribution in [0.2, 0.25) is 0 Å². The van der Waals surface area contributed by atoms with E-state index in [1.165, 1.54) is 49.1 Å². The van der Waals surface area contributed by atoms with Gasteiger partial charge in [-0.25, -0.2) is 0 Å². The van der Waals surface area contributed by atoms with Gasteiger partial charge >= 0.3 is 0 Å². The zero-order valence-corrected chi connectivity index (χ0v) is 18.1. The van der Waals surface area contributed by atoms with E-state index in [2.05, 4.69) is 36.1 Å². The number of hydrogen-bond acceptors (Lipinski definition) is 5. The number of amides is 1. The van der Waals surface area contributed by atoms with Gasteiger partial charge in [0.05, 0.1) is 5.69 Å². The first-order valence-corrected chi connectivity index (χ1v) is 11.9. The molecule has 142 valence electrons. The fourth-order valence-electron chi connectivity index (χ4n) is 3.59. The van der Waals surface area contributed by atoms with Gasteiger partial charge in [0.2, 0.25) is 5.91 Å². The Kier molecular flexibility index (Phi) is 7.29. The van der Waals surface area contributed by atoms with Gasteiger partial charge < -0.3 is 4.90 Å². The second-order valence-electron chi connectivity index (χ2n) is 6.82. The standard InChI is InChI=1S/C20H28N2OS3/c1-3-5-6-7-8-11-14-22-15-12-9-10-13-16(15)25-19(22)17-18(23)21(4-2)20(24)26-17/h9-10,12-13,17,19H,3-8,11,14H2,1-2H3. The highest BCUT2D eigenvalue weighted by Crippen LogP contribution is 2.48. The van der Waals surface area contributed by atoms with E-state index in [0.717, 1.165) is 10.9 Å². The summed E-state index contributed by atoms with van der Waals surface area (Å²) in [5.74, 6) is 0.181. The Morgan fingerprint density at radius 2 is 1.77 bits per heavy atom. The molecule has 1 aromatic rings. The Morgan fingerprint density at radius 3 is 2.50 bits per heavy atom. The molecule has 2 heterocycles. The number of para-hydroxylation sites is 1. The van der Waals surface area contributed by atoms with Gasteiger partial charge in [-0.2, -0.15) is 0 Å². The number of rotatable bonds is 9. The minimum Gasteiger partial charge on any atom is -0.357 e. The molecule has 0 spiro atoms. The van der Waals surface area contributed by atoms with E-state index in [9.17, 15) is 4.79 Å². The average Bonchev–Trinajstić information content (AvgIpc) is 3.14. The summed E-state index contributed by atoms with van der Waals surface area (Å²) in [6.45, 7) is 5.94. The lowest BCUT2D eigenvalue weighted by Gasteiger charge is -2.29. The molecule has 0 aromatic heterocycles. The Bertz CT molecular complexity index is 652. The monoisotopic (exact) mass is 408 g/mol. The van der Waals surface area contributed by atoms with Crippen LogP contribution in [0.25, 0.3) is 0 Å². The van der Waals surface area contributed by atoms with E-state index in [1.54, 1.807) is 16.7 Å². The van der Waals surface area contributed by atoms with E-state index < -0.39 is 0 Å². The highest BCUT2D eigenvalue weighted by molar-refractivity contribution is 8.24. The quantitative estimate of drug-likeness (QED) is 0.395. The summed E-state index contributed by atoms with van der Waals surface area (Å²) < 4.78 is 0.735. The van der Waals surface area contributed by atoms with Crippen molar-refractivity contribution < 1.29 is 4.79 Å². The van der Waals surface area contributed by atoms with Crippen LogP contribution in [0.5, 0.6) is 0 Å². The fraction of sp³-hybridized carbons (Fsp3) is 0.600. The first-order valence-electron chi connectivity index (χ1n) is 9.71. The van der Waals surface area contributed by atoms with Crippen LogP contribution in [-0.4, -0.2) is 38.8 Å². The van der Waals surface area contributed by atoms with Crippen LogP contribution >= 0.6 is 35.7 Å². The molecule has 1 fully saturated rings. The number of carbonyl (C=O) groups excluding carboxylic acids is 1. The molecule has 0 aliphatic carbocycles. The third-order valence-corrected chi connectivity index (χ3v) is 8.20. The summed E-state index contributed by atoms with van der Waals surface area (Å²) in [4.78, 5) is 18.4. The third kappa shape index (κ3) is 4.23. The predicted octanol–water partition coefficient (Wildman–Crippen LogP) is 5.53. The zero-order chi connectivity index (χ0) is 18.5. The second kappa shape index (κ2) is 9.47. The Morgan fingerprint density at radius 1 is 1.04 bits per heavy atom. The number of fused-ring (bicyclic) bond motifs is 1. The lowest BCUT2D eigenvalue weighted by atomic mass is 10.1. The van der Waals surface area contributed by atoms with Gasteiger partial charge in [-0.05, 0) is 25.5 Å². The summed E-state index contributed by atoms with van der Waals surface area (Å²) in [6, 6.07) is 8.56. The summed E-state index contributed by atoms with van der Waals surface area (Å²) >= 11 is 8.84. The summed E-state index contributed by atoms with van der Waals surface area (Å²) in [5.41, 5.74) is 1.28. The molecule has 26 heavy (non-hydrogen) atoms. The molecular formula is C20H28N2OS3. The molecule has 2 unspecified atom stereocenters. The molecule has 1 aromatic carbocycles. The zero-order valence-electron chi connectivity index (χ0n) is 15.6. The van der Waals surface area contributed by atoms with Crippen LogP contribution in [0.4, 0.5) is 5.69 Å². The maximum absolute atomic E-state index is 12.9. The van der Waals surface area contributed by atoms with E-state index in [0.29, 0.717) is 6.54 Å². The number of carbonyl (C=O) groups is 1. The first kappa shape index (κ1) is 20.0. The Hall–Kier alpha value is -0.720. The molecule has 3 nitrogen and oxygen atoms in total. The Labute approximate surface area is 171 Å². The van der Waals surface area contributed by atoms with E-state index in [-0.39, 0.29) is 16.5 Å². The smallest absolute Gasteiger partial charge is 0.244 e. The molecule has 1 saturated heterocycles. The van der Waals surface area contributed by atoms with Gasteiger partial charge in [-0.3, -0.25) is 9.69 Å². The molecular weight excluding hydrogens is 380 g/mol. The minimum atomic E-state index is -0.0973. The number of thiocarbonyl (C=S) groups is 1. The van der Waals surface area contributed by atoms with E-state index >= 15 is 0 Å². The van der Waals surface area contributed by atoms with Crippen LogP contribution in [0.3, 0.4) is 0 Å². The van der Waals surface area contributed by atoms with Gasteiger partial charge in [-0.1, -0.05) is 86.9 Å². The minimum absolute atomic E-state index is 0.0973. The topological polar surface area (TPSA) is 23.6 Å². The van der Waals surface area contributed by atoms with Crippen LogP contribution < -0.4 is 4.90 Å². The number of nitrogens with zero attached hydrogens (tertiary/aromatic N) is 2. The normalized spacial score (nSPS) is 22.4. The van der Waals surface area contributed by atoms with Crippen molar-refractivity contribution in [2.45, 2.75) is 67.9 Å². The van der Waals surface area contributed by atoms with Crippen molar-refractivity contribution in [3.05, 3.63) is 24.3 Å². The number of hydrogen-bond donors (Lipinski definition) is 0. The number of benzene rings is 1. The highest BCUT2D eigenvalue weighted by atomic mass is 32.2. The van der Waals surface area contributed by atoms with Crippen molar-refractivity contribution in [1.82, 2.24) is 4.90 Å². The number of anilines is 1. The molecule has 3 rings (SSSR count). The molecule has 0 radical (unpaired) electrons.